The molecule has 2 N–H and O–H groups in total. The molecule has 22 heavy (non-hydrogen) atoms. The standard InChI is InChI=1S/C15H20N2O4S/c1-2-22(20,21)12-5-3-11(4-6-12)9-10-16-15(19)13-7-8-14(18)17-13/h3-6,13H,2,7-10H2,1H3,(H,16,19)(H,17,18). The van der Waals surface area contributed by atoms with Crippen LogP contribution in [-0.2, 0) is 25.8 Å². The highest BCUT2D eigenvalue weighted by atomic mass is 32.2. The third-order valence-electron chi connectivity index (χ3n) is 3.69. The van der Waals surface area contributed by atoms with Gasteiger partial charge in [-0.25, -0.2) is 8.42 Å². The Bertz CT molecular complexity index is 653. The summed E-state index contributed by atoms with van der Waals surface area (Å²) in [6.07, 6.45) is 1.54. The van der Waals surface area contributed by atoms with E-state index in [0.717, 1.165) is 5.56 Å². The van der Waals surface area contributed by atoms with Crippen LogP contribution in [0.15, 0.2) is 29.2 Å². The van der Waals surface area contributed by atoms with Crippen LogP contribution in [0.25, 0.3) is 0 Å². The zero-order valence-corrected chi connectivity index (χ0v) is 13.3. The second-order valence-corrected chi connectivity index (χ2v) is 7.53. The Hall–Kier alpha value is -1.89. The quantitative estimate of drug-likeness (QED) is 0.793. The van der Waals surface area contributed by atoms with Crippen molar-refractivity contribution in [2.45, 2.75) is 37.1 Å². The fourth-order valence-electron chi connectivity index (χ4n) is 2.29. The van der Waals surface area contributed by atoms with E-state index in [9.17, 15) is 18.0 Å². The summed E-state index contributed by atoms with van der Waals surface area (Å²) in [4.78, 5) is 23.2. The molecule has 0 aliphatic carbocycles. The Morgan fingerprint density at radius 2 is 2.00 bits per heavy atom. The van der Waals surface area contributed by atoms with Crippen molar-refractivity contribution in [2.24, 2.45) is 0 Å². The van der Waals surface area contributed by atoms with Gasteiger partial charge in [0.1, 0.15) is 6.04 Å². The molecule has 2 rings (SSSR count). The van der Waals surface area contributed by atoms with Crippen molar-refractivity contribution in [3.8, 4) is 0 Å². The lowest BCUT2D eigenvalue weighted by molar-refractivity contribution is -0.125. The van der Waals surface area contributed by atoms with Gasteiger partial charge in [0.25, 0.3) is 0 Å². The summed E-state index contributed by atoms with van der Waals surface area (Å²) in [5, 5.41) is 5.39. The van der Waals surface area contributed by atoms with Gasteiger partial charge in [-0.05, 0) is 30.5 Å². The Morgan fingerprint density at radius 3 is 2.55 bits per heavy atom. The van der Waals surface area contributed by atoms with Crippen molar-refractivity contribution < 1.29 is 18.0 Å². The van der Waals surface area contributed by atoms with Crippen LogP contribution in [0.4, 0.5) is 0 Å². The lowest BCUT2D eigenvalue weighted by Gasteiger charge is -2.11. The predicted octanol–water partition coefficient (Wildman–Crippen LogP) is 0.418. The van der Waals surface area contributed by atoms with Crippen LogP contribution < -0.4 is 10.6 Å². The van der Waals surface area contributed by atoms with Gasteiger partial charge < -0.3 is 10.6 Å². The van der Waals surface area contributed by atoms with Gasteiger partial charge >= 0.3 is 0 Å². The number of sulfone groups is 1. The Kier molecular flexibility index (Phi) is 5.18. The molecule has 1 saturated heterocycles. The van der Waals surface area contributed by atoms with Gasteiger partial charge in [-0.1, -0.05) is 19.1 Å². The monoisotopic (exact) mass is 324 g/mol. The van der Waals surface area contributed by atoms with Crippen LogP contribution in [-0.4, -0.2) is 38.6 Å². The van der Waals surface area contributed by atoms with Gasteiger partial charge in [0, 0.05) is 13.0 Å². The average Bonchev–Trinajstić information content (AvgIpc) is 2.94. The molecular formula is C15H20N2O4S. The van der Waals surface area contributed by atoms with Gasteiger partial charge in [0.05, 0.1) is 10.6 Å². The van der Waals surface area contributed by atoms with Gasteiger partial charge in [-0.2, -0.15) is 0 Å². The number of carbonyl (C=O) groups excluding carboxylic acids is 2. The highest BCUT2D eigenvalue weighted by Gasteiger charge is 2.26. The number of benzene rings is 1. The molecular weight excluding hydrogens is 304 g/mol. The van der Waals surface area contributed by atoms with Crippen LogP contribution in [0.2, 0.25) is 0 Å². The van der Waals surface area contributed by atoms with E-state index in [2.05, 4.69) is 10.6 Å². The topological polar surface area (TPSA) is 92.3 Å². The molecule has 0 radical (unpaired) electrons. The summed E-state index contributed by atoms with van der Waals surface area (Å²) in [6.45, 7) is 2.06. The zero-order valence-electron chi connectivity index (χ0n) is 12.5. The van der Waals surface area contributed by atoms with Crippen molar-refractivity contribution in [2.75, 3.05) is 12.3 Å². The van der Waals surface area contributed by atoms with E-state index in [1.807, 2.05) is 0 Å². The molecule has 1 aromatic rings. The lowest BCUT2D eigenvalue weighted by Crippen LogP contribution is -2.42. The van der Waals surface area contributed by atoms with Gasteiger partial charge in [0.2, 0.25) is 11.8 Å². The van der Waals surface area contributed by atoms with E-state index >= 15 is 0 Å². The zero-order chi connectivity index (χ0) is 16.2. The molecule has 1 atom stereocenters. The molecule has 1 heterocycles. The van der Waals surface area contributed by atoms with Crippen LogP contribution >= 0.6 is 0 Å². The molecule has 1 fully saturated rings. The molecule has 0 spiro atoms. The number of carbonyl (C=O) groups is 2. The highest BCUT2D eigenvalue weighted by molar-refractivity contribution is 7.91. The number of rotatable bonds is 6. The molecule has 0 bridgehead atoms. The van der Waals surface area contributed by atoms with Crippen molar-refractivity contribution in [3.05, 3.63) is 29.8 Å². The average molecular weight is 324 g/mol. The Labute approximate surface area is 130 Å². The predicted molar refractivity (Wildman–Crippen MR) is 82.0 cm³/mol. The third kappa shape index (κ3) is 4.07. The number of nitrogens with one attached hydrogen (secondary N) is 2. The second kappa shape index (κ2) is 6.91. The number of amides is 2. The largest absolute Gasteiger partial charge is 0.354 e. The van der Waals surface area contributed by atoms with Crippen LogP contribution in [0.1, 0.15) is 25.3 Å². The maximum Gasteiger partial charge on any atom is 0.242 e. The summed E-state index contributed by atoms with van der Waals surface area (Å²) < 4.78 is 23.4. The van der Waals surface area contributed by atoms with E-state index < -0.39 is 15.9 Å². The first kappa shape index (κ1) is 16.5. The molecule has 1 aliphatic heterocycles. The van der Waals surface area contributed by atoms with Gasteiger partial charge in [-0.15, -0.1) is 0 Å². The minimum absolute atomic E-state index is 0.0789. The van der Waals surface area contributed by atoms with Crippen LogP contribution in [0.3, 0.4) is 0 Å². The lowest BCUT2D eigenvalue weighted by atomic mass is 10.1. The summed E-state index contributed by atoms with van der Waals surface area (Å²) >= 11 is 0. The van der Waals surface area contributed by atoms with Crippen molar-refractivity contribution >= 4 is 21.7 Å². The van der Waals surface area contributed by atoms with E-state index in [1.54, 1.807) is 31.2 Å². The summed E-state index contributed by atoms with van der Waals surface area (Å²) in [5.41, 5.74) is 0.950. The molecule has 1 unspecified atom stereocenters. The summed E-state index contributed by atoms with van der Waals surface area (Å²) in [5.74, 6) is -0.181. The molecule has 120 valence electrons. The first-order valence-electron chi connectivity index (χ1n) is 7.31. The van der Waals surface area contributed by atoms with Crippen LogP contribution in [0.5, 0.6) is 0 Å². The summed E-state index contributed by atoms with van der Waals surface area (Å²) in [6, 6.07) is 6.27. The first-order valence-corrected chi connectivity index (χ1v) is 8.96. The maximum absolute atomic E-state index is 11.8. The Morgan fingerprint density at radius 1 is 1.32 bits per heavy atom. The molecule has 1 aliphatic rings. The SMILES string of the molecule is CCS(=O)(=O)c1ccc(CCNC(=O)C2CCC(=O)N2)cc1. The van der Waals surface area contributed by atoms with E-state index in [0.29, 0.717) is 30.7 Å². The van der Waals surface area contributed by atoms with E-state index in [1.165, 1.54) is 0 Å². The molecule has 0 saturated carbocycles. The van der Waals surface area contributed by atoms with E-state index in [4.69, 9.17) is 0 Å². The normalized spacial score (nSPS) is 18.0. The number of hydrogen-bond donors (Lipinski definition) is 2. The van der Waals surface area contributed by atoms with Crippen molar-refractivity contribution in [1.82, 2.24) is 10.6 Å². The van der Waals surface area contributed by atoms with Crippen LogP contribution in [0, 0.1) is 0 Å². The molecule has 7 heteroatoms. The van der Waals surface area contributed by atoms with E-state index in [-0.39, 0.29) is 17.6 Å². The fourth-order valence-corrected chi connectivity index (χ4v) is 3.18. The van der Waals surface area contributed by atoms with Gasteiger partial charge in [0.15, 0.2) is 9.84 Å². The second-order valence-electron chi connectivity index (χ2n) is 5.25. The minimum Gasteiger partial charge on any atom is -0.354 e. The van der Waals surface area contributed by atoms with Crippen molar-refractivity contribution in [1.29, 1.82) is 0 Å². The molecule has 2 amide bonds. The van der Waals surface area contributed by atoms with Crippen molar-refractivity contribution in [3.63, 3.8) is 0 Å². The first-order chi connectivity index (χ1) is 10.4. The molecule has 1 aromatic carbocycles. The number of hydrogen-bond acceptors (Lipinski definition) is 4. The summed E-state index contributed by atoms with van der Waals surface area (Å²) in [7, 11) is -3.18. The van der Waals surface area contributed by atoms with Gasteiger partial charge in [-0.3, -0.25) is 9.59 Å². The highest BCUT2D eigenvalue weighted by Crippen LogP contribution is 2.12. The fraction of sp³-hybridized carbons (Fsp3) is 0.467. The minimum atomic E-state index is -3.18. The Balaban J connectivity index is 1.82. The maximum atomic E-state index is 11.8. The third-order valence-corrected chi connectivity index (χ3v) is 5.44. The molecule has 0 aromatic heterocycles. The molecule has 6 nitrogen and oxygen atoms in total. The smallest absolute Gasteiger partial charge is 0.242 e.